The summed E-state index contributed by atoms with van der Waals surface area (Å²) in [7, 11) is 0. The molecule has 1 atom stereocenters. The van der Waals surface area contributed by atoms with Crippen molar-refractivity contribution in [2.75, 3.05) is 11.9 Å². The van der Waals surface area contributed by atoms with E-state index in [1.54, 1.807) is 0 Å². The summed E-state index contributed by atoms with van der Waals surface area (Å²) < 4.78 is 0. The molecule has 1 unspecified atom stereocenters. The van der Waals surface area contributed by atoms with Gasteiger partial charge in [-0.15, -0.1) is 0 Å². The van der Waals surface area contributed by atoms with E-state index in [9.17, 15) is 0 Å². The van der Waals surface area contributed by atoms with Crippen LogP contribution in [0.2, 0.25) is 0 Å². The molecule has 146 valence electrons. The van der Waals surface area contributed by atoms with E-state index in [1.165, 1.54) is 22.0 Å². The van der Waals surface area contributed by atoms with Crippen molar-refractivity contribution in [3.05, 3.63) is 120 Å². The number of benzene rings is 4. The van der Waals surface area contributed by atoms with Gasteiger partial charge in [0, 0.05) is 34.7 Å². The Morgan fingerprint density at radius 1 is 0.833 bits per heavy atom. The van der Waals surface area contributed by atoms with Crippen LogP contribution < -0.4 is 5.32 Å². The average molecular weight is 389 g/mol. The van der Waals surface area contributed by atoms with Gasteiger partial charge < -0.3 is 5.32 Å². The molecular formula is C28H24N2. The second kappa shape index (κ2) is 8.00. The third-order valence-electron chi connectivity index (χ3n) is 5.70. The van der Waals surface area contributed by atoms with Gasteiger partial charge in [0.1, 0.15) is 0 Å². The quantitative estimate of drug-likeness (QED) is 0.293. The topological polar surface area (TPSA) is 24.4 Å². The predicted octanol–water partition coefficient (Wildman–Crippen LogP) is 7.09. The highest BCUT2D eigenvalue weighted by Gasteiger charge is 2.24. The van der Waals surface area contributed by atoms with E-state index in [2.05, 4.69) is 103 Å². The lowest BCUT2D eigenvalue weighted by atomic mass is 9.93. The first-order valence-corrected chi connectivity index (χ1v) is 10.5. The van der Waals surface area contributed by atoms with Crippen molar-refractivity contribution in [1.82, 2.24) is 0 Å². The Balaban J connectivity index is 1.75. The fraction of sp³-hybridized carbons (Fsp3) is 0.107. The van der Waals surface area contributed by atoms with E-state index in [-0.39, 0.29) is 0 Å². The molecule has 0 radical (unpaired) electrons. The number of hydrogen-bond donors (Lipinski definition) is 1. The molecule has 30 heavy (non-hydrogen) atoms. The van der Waals surface area contributed by atoms with E-state index in [0.717, 1.165) is 29.1 Å². The zero-order valence-electron chi connectivity index (χ0n) is 17.0. The Labute approximate surface area is 177 Å². The molecule has 1 aliphatic rings. The standard InChI is InChI=1S/C28H24N2/c1-2-11-22-19-29-26-18-25(23-16-9-10-17-24(23)27(22)26)30-28(20-12-5-3-6-13-20)21-14-7-4-8-15-21/h2-18,22,29H,19H2,1H3/b11-2+. The molecule has 0 saturated carbocycles. The molecule has 4 aromatic rings. The van der Waals surface area contributed by atoms with Crippen LogP contribution in [0.4, 0.5) is 11.4 Å². The second-order valence-electron chi connectivity index (χ2n) is 7.61. The Morgan fingerprint density at radius 2 is 1.43 bits per heavy atom. The molecule has 0 aromatic heterocycles. The van der Waals surface area contributed by atoms with Gasteiger partial charge in [0.2, 0.25) is 0 Å². The van der Waals surface area contributed by atoms with Crippen LogP contribution in [0.1, 0.15) is 29.5 Å². The van der Waals surface area contributed by atoms with Crippen LogP contribution in [0.15, 0.2) is 108 Å². The summed E-state index contributed by atoms with van der Waals surface area (Å²) in [6, 6.07) is 31.7. The minimum absolute atomic E-state index is 0.399. The summed E-state index contributed by atoms with van der Waals surface area (Å²) in [5.41, 5.74) is 6.80. The molecule has 1 N–H and O–H groups in total. The van der Waals surface area contributed by atoms with Gasteiger partial charge in [-0.2, -0.15) is 0 Å². The number of nitrogens with zero attached hydrogens (tertiary/aromatic N) is 1. The smallest absolute Gasteiger partial charge is 0.0781 e. The van der Waals surface area contributed by atoms with E-state index in [4.69, 9.17) is 4.99 Å². The summed E-state index contributed by atoms with van der Waals surface area (Å²) in [4.78, 5) is 5.23. The number of aliphatic imine (C=N–C) groups is 1. The molecule has 2 nitrogen and oxygen atoms in total. The van der Waals surface area contributed by atoms with Crippen molar-refractivity contribution in [3.8, 4) is 0 Å². The number of nitrogens with one attached hydrogen (secondary N) is 1. The molecule has 0 bridgehead atoms. The lowest BCUT2D eigenvalue weighted by Gasteiger charge is -2.13. The van der Waals surface area contributed by atoms with Crippen molar-refractivity contribution < 1.29 is 0 Å². The maximum atomic E-state index is 5.23. The summed E-state index contributed by atoms with van der Waals surface area (Å²) in [5.74, 6) is 0.399. The van der Waals surface area contributed by atoms with Gasteiger partial charge in [0.15, 0.2) is 0 Å². The average Bonchev–Trinajstić information content (AvgIpc) is 3.21. The van der Waals surface area contributed by atoms with Crippen molar-refractivity contribution in [3.63, 3.8) is 0 Å². The Hall–Kier alpha value is -3.65. The largest absolute Gasteiger partial charge is 0.384 e. The molecule has 1 heterocycles. The second-order valence-corrected chi connectivity index (χ2v) is 7.61. The van der Waals surface area contributed by atoms with Crippen LogP contribution in [0.5, 0.6) is 0 Å². The lowest BCUT2D eigenvalue weighted by molar-refractivity contribution is 0.954. The monoisotopic (exact) mass is 388 g/mol. The van der Waals surface area contributed by atoms with Crippen molar-refractivity contribution in [1.29, 1.82) is 0 Å². The van der Waals surface area contributed by atoms with Gasteiger partial charge >= 0.3 is 0 Å². The number of anilines is 1. The molecule has 5 rings (SSSR count). The number of rotatable bonds is 4. The van der Waals surface area contributed by atoms with Crippen LogP contribution >= 0.6 is 0 Å². The van der Waals surface area contributed by atoms with E-state index >= 15 is 0 Å². The highest BCUT2D eigenvalue weighted by Crippen LogP contribution is 2.43. The zero-order valence-corrected chi connectivity index (χ0v) is 17.0. The predicted molar refractivity (Wildman–Crippen MR) is 128 cm³/mol. The first-order chi connectivity index (χ1) is 14.8. The molecule has 1 aliphatic heterocycles. The van der Waals surface area contributed by atoms with Crippen molar-refractivity contribution in [2.24, 2.45) is 4.99 Å². The van der Waals surface area contributed by atoms with E-state index in [0.29, 0.717) is 5.92 Å². The lowest BCUT2D eigenvalue weighted by Crippen LogP contribution is -2.02. The molecule has 0 spiro atoms. The molecule has 2 heteroatoms. The van der Waals surface area contributed by atoms with Crippen LogP contribution in [0.3, 0.4) is 0 Å². The molecular weight excluding hydrogens is 364 g/mol. The van der Waals surface area contributed by atoms with Gasteiger partial charge in [-0.3, -0.25) is 0 Å². The fourth-order valence-corrected chi connectivity index (χ4v) is 4.34. The Morgan fingerprint density at radius 3 is 2.07 bits per heavy atom. The molecule has 4 aromatic carbocycles. The van der Waals surface area contributed by atoms with Crippen LogP contribution in [0, 0.1) is 0 Å². The normalized spacial score (nSPS) is 15.2. The SMILES string of the molecule is C/C=C/C1CNc2cc(N=C(c3ccccc3)c3ccccc3)c3ccccc3c21. The maximum Gasteiger partial charge on any atom is 0.0781 e. The first kappa shape index (κ1) is 18.4. The number of allylic oxidation sites excluding steroid dienone is 1. The van der Waals surface area contributed by atoms with Gasteiger partial charge in [0.25, 0.3) is 0 Å². The molecule has 0 aliphatic carbocycles. The first-order valence-electron chi connectivity index (χ1n) is 10.5. The van der Waals surface area contributed by atoms with E-state index < -0.39 is 0 Å². The highest BCUT2D eigenvalue weighted by atomic mass is 14.9. The Bertz CT molecular complexity index is 1200. The number of hydrogen-bond acceptors (Lipinski definition) is 2. The van der Waals surface area contributed by atoms with Gasteiger partial charge in [0.05, 0.1) is 11.4 Å². The summed E-state index contributed by atoms with van der Waals surface area (Å²) in [5, 5.41) is 6.07. The Kier molecular flexibility index (Phi) is 4.90. The highest BCUT2D eigenvalue weighted by molar-refractivity contribution is 6.15. The zero-order chi connectivity index (χ0) is 20.3. The summed E-state index contributed by atoms with van der Waals surface area (Å²) in [6.07, 6.45) is 4.43. The fourth-order valence-electron chi connectivity index (χ4n) is 4.34. The van der Waals surface area contributed by atoms with E-state index in [1.807, 2.05) is 12.1 Å². The third-order valence-corrected chi connectivity index (χ3v) is 5.70. The summed E-state index contributed by atoms with van der Waals surface area (Å²) in [6.45, 7) is 3.02. The van der Waals surface area contributed by atoms with Gasteiger partial charge in [-0.05, 0) is 23.9 Å². The maximum absolute atomic E-state index is 5.23. The van der Waals surface area contributed by atoms with Gasteiger partial charge in [-0.25, -0.2) is 4.99 Å². The summed E-state index contributed by atoms with van der Waals surface area (Å²) >= 11 is 0. The third kappa shape index (κ3) is 3.31. The van der Waals surface area contributed by atoms with Crippen LogP contribution in [-0.4, -0.2) is 12.3 Å². The van der Waals surface area contributed by atoms with Crippen molar-refractivity contribution >= 4 is 27.9 Å². The molecule has 0 amide bonds. The van der Waals surface area contributed by atoms with Crippen molar-refractivity contribution in [2.45, 2.75) is 12.8 Å². The van der Waals surface area contributed by atoms with Crippen LogP contribution in [-0.2, 0) is 0 Å². The molecule has 0 fully saturated rings. The number of fused-ring (bicyclic) bond motifs is 3. The van der Waals surface area contributed by atoms with Gasteiger partial charge in [-0.1, -0.05) is 97.1 Å². The minimum Gasteiger partial charge on any atom is -0.384 e. The molecule has 0 saturated heterocycles. The van der Waals surface area contributed by atoms with Crippen LogP contribution in [0.25, 0.3) is 10.8 Å². The minimum atomic E-state index is 0.399.